The van der Waals surface area contributed by atoms with E-state index >= 15 is 0 Å². The topological polar surface area (TPSA) is 58.0 Å². The monoisotopic (exact) mass is 390 g/mol. The Labute approximate surface area is 159 Å². The average Bonchev–Trinajstić information content (AvgIpc) is 3.25. The molecule has 1 aliphatic heterocycles. The van der Waals surface area contributed by atoms with Gasteiger partial charge in [-0.25, -0.2) is 8.78 Å². The number of halogens is 3. The molecule has 0 aliphatic carbocycles. The summed E-state index contributed by atoms with van der Waals surface area (Å²) in [5.41, 5.74) is 1.54. The summed E-state index contributed by atoms with van der Waals surface area (Å²) in [5, 5.41) is 4.64. The second-order valence-corrected chi connectivity index (χ2v) is 6.96. The van der Waals surface area contributed by atoms with Crippen molar-refractivity contribution in [3.63, 3.8) is 0 Å². The summed E-state index contributed by atoms with van der Waals surface area (Å²) in [4.78, 5) is 9.16. The second-order valence-electron chi connectivity index (χ2n) is 6.52. The molecular formula is C19H17ClF2N4O. The highest BCUT2D eigenvalue weighted by atomic mass is 35.5. The number of aromatic amines is 1. The number of nitrogens with zero attached hydrogens (tertiary/aromatic N) is 3. The van der Waals surface area contributed by atoms with Crippen molar-refractivity contribution >= 4 is 17.3 Å². The van der Waals surface area contributed by atoms with Gasteiger partial charge in [0.05, 0.1) is 10.7 Å². The molecule has 3 aromatic rings. The smallest absolute Gasteiger partial charge is 0.274 e. The third-order valence-electron chi connectivity index (χ3n) is 4.71. The van der Waals surface area contributed by atoms with E-state index in [9.17, 15) is 8.78 Å². The van der Waals surface area contributed by atoms with Crippen molar-refractivity contribution in [2.45, 2.75) is 25.2 Å². The number of hydrogen-bond donors (Lipinski definition) is 1. The summed E-state index contributed by atoms with van der Waals surface area (Å²) >= 11 is 5.91. The van der Waals surface area contributed by atoms with Gasteiger partial charge >= 0.3 is 0 Å². The van der Waals surface area contributed by atoms with E-state index in [4.69, 9.17) is 16.1 Å². The van der Waals surface area contributed by atoms with Gasteiger partial charge in [0.25, 0.3) is 5.89 Å². The Hall–Kier alpha value is -2.67. The number of aromatic nitrogens is 3. The standard InChI is InChI=1S/C19H17ClF2N4O/c1-11-8-12(18-24-19(27-25-18)15-9-13(20)10-23-15)4-3-7-26(11)16-6-2-5-14(21)17(16)22/h2,5-6,9-10,12,23H,1,3-4,7-8H2. The molecule has 4 rings (SSSR count). The summed E-state index contributed by atoms with van der Waals surface area (Å²) in [6.07, 6.45) is 3.72. The Morgan fingerprint density at radius 3 is 2.96 bits per heavy atom. The van der Waals surface area contributed by atoms with E-state index in [1.165, 1.54) is 6.07 Å². The Morgan fingerprint density at radius 1 is 1.33 bits per heavy atom. The van der Waals surface area contributed by atoms with Crippen LogP contribution in [0.3, 0.4) is 0 Å². The lowest BCUT2D eigenvalue weighted by atomic mass is 9.99. The van der Waals surface area contributed by atoms with Crippen molar-refractivity contribution in [2.24, 2.45) is 0 Å². The van der Waals surface area contributed by atoms with Gasteiger partial charge in [-0.2, -0.15) is 4.98 Å². The molecule has 1 aromatic carbocycles. The van der Waals surface area contributed by atoms with E-state index in [1.807, 2.05) is 0 Å². The molecule has 0 spiro atoms. The summed E-state index contributed by atoms with van der Waals surface area (Å²) in [5.74, 6) is -0.809. The van der Waals surface area contributed by atoms with Gasteiger partial charge in [0, 0.05) is 24.4 Å². The zero-order valence-electron chi connectivity index (χ0n) is 14.4. The minimum absolute atomic E-state index is 0.0120. The Bertz CT molecular complexity index is 984. The van der Waals surface area contributed by atoms with Crippen LogP contribution in [0.25, 0.3) is 11.6 Å². The predicted octanol–water partition coefficient (Wildman–Crippen LogP) is 5.28. The molecule has 1 unspecified atom stereocenters. The zero-order valence-corrected chi connectivity index (χ0v) is 15.1. The number of nitrogens with one attached hydrogen (secondary N) is 1. The molecule has 5 nitrogen and oxygen atoms in total. The number of anilines is 1. The van der Waals surface area contributed by atoms with Gasteiger partial charge in [-0.1, -0.05) is 29.4 Å². The molecule has 1 N–H and O–H groups in total. The minimum atomic E-state index is -0.867. The van der Waals surface area contributed by atoms with Crippen LogP contribution >= 0.6 is 11.6 Å². The predicted molar refractivity (Wildman–Crippen MR) is 98.5 cm³/mol. The van der Waals surface area contributed by atoms with Crippen molar-refractivity contribution in [2.75, 3.05) is 11.4 Å². The van der Waals surface area contributed by atoms with Gasteiger partial charge in [-0.05, 0) is 37.5 Å². The molecule has 3 heterocycles. The summed E-state index contributed by atoms with van der Waals surface area (Å²) in [6.45, 7) is 4.62. The lowest BCUT2D eigenvalue weighted by Gasteiger charge is -2.25. The molecule has 0 bridgehead atoms. The van der Waals surface area contributed by atoms with Gasteiger partial charge < -0.3 is 14.4 Å². The van der Waals surface area contributed by atoms with Crippen LogP contribution in [-0.4, -0.2) is 21.7 Å². The quantitative estimate of drug-likeness (QED) is 0.660. The minimum Gasteiger partial charge on any atom is -0.356 e. The number of rotatable bonds is 3. The van der Waals surface area contributed by atoms with Gasteiger partial charge in [-0.15, -0.1) is 0 Å². The zero-order chi connectivity index (χ0) is 19.0. The number of H-pyrrole nitrogens is 1. The van der Waals surface area contributed by atoms with Crippen LogP contribution in [0.5, 0.6) is 0 Å². The molecule has 27 heavy (non-hydrogen) atoms. The van der Waals surface area contributed by atoms with E-state index in [0.717, 1.165) is 18.9 Å². The molecule has 1 aliphatic rings. The second kappa shape index (κ2) is 7.15. The van der Waals surface area contributed by atoms with Crippen LogP contribution in [-0.2, 0) is 0 Å². The Kier molecular flexibility index (Phi) is 4.70. The van der Waals surface area contributed by atoms with Crippen molar-refractivity contribution in [3.8, 4) is 11.6 Å². The number of hydrogen-bond acceptors (Lipinski definition) is 4. The van der Waals surface area contributed by atoms with Gasteiger partial charge in [0.1, 0.15) is 5.69 Å². The molecule has 0 amide bonds. The van der Waals surface area contributed by atoms with Crippen LogP contribution < -0.4 is 4.90 Å². The van der Waals surface area contributed by atoms with Crippen molar-refractivity contribution < 1.29 is 13.3 Å². The summed E-state index contributed by atoms with van der Waals surface area (Å²) < 4.78 is 33.1. The maximum absolute atomic E-state index is 14.2. The first-order valence-electron chi connectivity index (χ1n) is 8.60. The van der Waals surface area contributed by atoms with E-state index in [0.29, 0.717) is 41.1 Å². The molecule has 0 saturated carbocycles. The van der Waals surface area contributed by atoms with Gasteiger partial charge in [0.2, 0.25) is 0 Å². The van der Waals surface area contributed by atoms with Crippen molar-refractivity contribution in [1.29, 1.82) is 0 Å². The fourth-order valence-electron chi connectivity index (χ4n) is 3.36. The number of allylic oxidation sites excluding steroid dienone is 1. The van der Waals surface area contributed by atoms with Crippen LogP contribution in [0.4, 0.5) is 14.5 Å². The molecule has 0 radical (unpaired) electrons. The van der Waals surface area contributed by atoms with Crippen LogP contribution in [0.15, 0.2) is 47.3 Å². The third-order valence-corrected chi connectivity index (χ3v) is 4.92. The highest BCUT2D eigenvalue weighted by molar-refractivity contribution is 6.30. The molecular weight excluding hydrogens is 374 g/mol. The highest BCUT2D eigenvalue weighted by Gasteiger charge is 2.27. The molecule has 2 aromatic heterocycles. The van der Waals surface area contributed by atoms with Gasteiger partial charge in [-0.3, -0.25) is 0 Å². The van der Waals surface area contributed by atoms with Crippen LogP contribution in [0, 0.1) is 11.6 Å². The third kappa shape index (κ3) is 3.47. The molecule has 140 valence electrons. The molecule has 1 fully saturated rings. The lowest BCUT2D eigenvalue weighted by Crippen LogP contribution is -2.23. The fourth-order valence-corrected chi connectivity index (χ4v) is 3.53. The largest absolute Gasteiger partial charge is 0.356 e. The highest BCUT2D eigenvalue weighted by Crippen LogP contribution is 2.35. The first-order chi connectivity index (χ1) is 13.0. The molecule has 8 heteroatoms. The first-order valence-corrected chi connectivity index (χ1v) is 8.98. The maximum atomic E-state index is 14.2. The van der Waals surface area contributed by atoms with E-state index < -0.39 is 11.6 Å². The number of benzene rings is 1. The van der Waals surface area contributed by atoms with E-state index in [-0.39, 0.29) is 11.6 Å². The van der Waals surface area contributed by atoms with E-state index in [1.54, 1.807) is 23.2 Å². The van der Waals surface area contributed by atoms with Gasteiger partial charge in [0.15, 0.2) is 17.5 Å². The SMILES string of the molecule is C=C1CC(c2noc(-c3cc(Cl)c[nH]3)n2)CCCN1c1cccc(F)c1F. The average molecular weight is 391 g/mol. The molecule has 1 saturated heterocycles. The fraction of sp³-hybridized carbons (Fsp3) is 0.263. The maximum Gasteiger partial charge on any atom is 0.274 e. The van der Waals surface area contributed by atoms with Crippen LogP contribution in [0.1, 0.15) is 31.0 Å². The summed E-state index contributed by atoms with van der Waals surface area (Å²) in [7, 11) is 0. The van der Waals surface area contributed by atoms with E-state index in [2.05, 4.69) is 21.7 Å². The molecule has 1 atom stereocenters. The Morgan fingerprint density at radius 2 is 2.19 bits per heavy atom. The normalized spacial score (nSPS) is 18.0. The Balaban J connectivity index is 1.55. The first kappa shape index (κ1) is 17.7. The lowest BCUT2D eigenvalue weighted by molar-refractivity contribution is 0.411. The van der Waals surface area contributed by atoms with Crippen LogP contribution in [0.2, 0.25) is 5.02 Å². The van der Waals surface area contributed by atoms with Crippen molar-refractivity contribution in [1.82, 2.24) is 15.1 Å². The van der Waals surface area contributed by atoms with Crippen molar-refractivity contribution in [3.05, 3.63) is 65.2 Å². The summed E-state index contributed by atoms with van der Waals surface area (Å²) in [6, 6.07) is 5.87.